The van der Waals surface area contributed by atoms with Crippen LogP contribution in [0.1, 0.15) is 24.8 Å². The average molecular weight is 438 g/mol. The van der Waals surface area contributed by atoms with Crippen LogP contribution in [-0.4, -0.2) is 60.6 Å². The second-order valence-corrected chi connectivity index (χ2v) is 8.22. The number of nitrogens with zero attached hydrogens (tertiary/aromatic N) is 7. The maximum atomic E-state index is 13.3. The van der Waals surface area contributed by atoms with Crippen LogP contribution >= 0.6 is 0 Å². The summed E-state index contributed by atoms with van der Waals surface area (Å²) >= 11 is 0. The first-order valence-corrected chi connectivity index (χ1v) is 10.6. The summed E-state index contributed by atoms with van der Waals surface area (Å²) in [4.78, 5) is 26.8. The Balaban J connectivity index is 1.61. The van der Waals surface area contributed by atoms with Crippen LogP contribution in [0, 0.1) is 6.92 Å². The van der Waals surface area contributed by atoms with Crippen molar-refractivity contribution in [1.29, 1.82) is 0 Å². The Hall–Kier alpha value is -3.31. The molecule has 0 saturated carbocycles. The molecular formula is C21H26N8O3. The molecule has 0 radical (unpaired) electrons. The van der Waals surface area contributed by atoms with Gasteiger partial charge in [-0.15, -0.1) is 0 Å². The minimum Gasteiger partial charge on any atom is -0.385 e. The highest BCUT2D eigenvalue weighted by atomic mass is 16.5. The molecule has 1 aliphatic rings. The first kappa shape index (κ1) is 20.6. The molecule has 0 atom stereocenters. The van der Waals surface area contributed by atoms with Crippen LogP contribution in [0.15, 0.2) is 29.6 Å². The zero-order valence-corrected chi connectivity index (χ0v) is 18.4. The van der Waals surface area contributed by atoms with Gasteiger partial charge < -0.3 is 14.8 Å². The van der Waals surface area contributed by atoms with E-state index >= 15 is 0 Å². The molecule has 11 nitrogen and oxygen atoms in total. The van der Waals surface area contributed by atoms with Crippen LogP contribution in [0.4, 0.5) is 11.6 Å². The zero-order chi connectivity index (χ0) is 22.3. The lowest BCUT2D eigenvalue weighted by Gasteiger charge is -2.38. The van der Waals surface area contributed by atoms with Crippen LogP contribution < -0.4 is 11.0 Å². The fourth-order valence-electron chi connectivity index (χ4n) is 4.44. The van der Waals surface area contributed by atoms with Gasteiger partial charge in [0.05, 0.1) is 23.6 Å². The van der Waals surface area contributed by atoms with Crippen molar-refractivity contribution in [1.82, 2.24) is 33.7 Å². The lowest BCUT2D eigenvalue weighted by molar-refractivity contribution is 0.00497. The summed E-state index contributed by atoms with van der Waals surface area (Å²) in [5.41, 5.74) is 3.34. The molecule has 32 heavy (non-hydrogen) atoms. The number of rotatable bonds is 6. The number of anilines is 2. The van der Waals surface area contributed by atoms with E-state index in [0.717, 1.165) is 29.7 Å². The molecule has 0 spiro atoms. The molecular weight excluding hydrogens is 412 g/mol. The van der Waals surface area contributed by atoms with Crippen LogP contribution in [0.25, 0.3) is 16.8 Å². The summed E-state index contributed by atoms with van der Waals surface area (Å²) in [6.07, 6.45) is 7.21. The minimum absolute atomic E-state index is 0.107. The molecule has 0 unspecified atom stereocenters. The number of methoxy groups -OCH3 is 1. The van der Waals surface area contributed by atoms with E-state index in [9.17, 15) is 4.79 Å². The Labute approximate surface area is 184 Å². The predicted molar refractivity (Wildman–Crippen MR) is 118 cm³/mol. The summed E-state index contributed by atoms with van der Waals surface area (Å²) in [5, 5.41) is 7.47. The third-order valence-corrected chi connectivity index (χ3v) is 6.34. The van der Waals surface area contributed by atoms with Gasteiger partial charge in [0.1, 0.15) is 11.8 Å². The molecule has 0 aliphatic carbocycles. The van der Waals surface area contributed by atoms with Crippen molar-refractivity contribution in [2.24, 2.45) is 7.05 Å². The van der Waals surface area contributed by atoms with E-state index in [-0.39, 0.29) is 5.69 Å². The number of imidazole rings is 1. The fourth-order valence-corrected chi connectivity index (χ4v) is 4.44. The van der Waals surface area contributed by atoms with Gasteiger partial charge in [-0.2, -0.15) is 10.1 Å². The highest BCUT2D eigenvalue weighted by Crippen LogP contribution is 2.34. The van der Waals surface area contributed by atoms with Crippen LogP contribution in [0.2, 0.25) is 0 Å². The number of aromatic nitrogens is 7. The quantitative estimate of drug-likeness (QED) is 0.485. The van der Waals surface area contributed by atoms with Gasteiger partial charge in [0.2, 0.25) is 5.95 Å². The molecule has 1 fully saturated rings. The number of nitrogens with one attached hydrogen (secondary N) is 1. The van der Waals surface area contributed by atoms with E-state index in [4.69, 9.17) is 14.5 Å². The standard InChI is InChI=1S/C21H26N8O3/c1-14-10-17-23-13-24-28(17)12-15(14)25-19-22-11-16-18(26-19)29(20(30)27(16)2)21(4-7-31-3)5-8-32-9-6-21/h10-13H,4-9H2,1-3H3,(H,22,25,26). The van der Waals surface area contributed by atoms with Gasteiger partial charge in [-0.05, 0) is 37.8 Å². The number of hydrogen-bond donors (Lipinski definition) is 1. The predicted octanol–water partition coefficient (Wildman–Crippen LogP) is 1.77. The van der Waals surface area contributed by atoms with Gasteiger partial charge in [-0.1, -0.05) is 0 Å². The van der Waals surface area contributed by atoms with Crippen molar-refractivity contribution in [2.75, 3.05) is 32.2 Å². The summed E-state index contributed by atoms with van der Waals surface area (Å²) in [6.45, 7) is 3.73. The molecule has 0 amide bonds. The molecule has 1 aliphatic heterocycles. The zero-order valence-electron chi connectivity index (χ0n) is 18.4. The number of hydrogen-bond acceptors (Lipinski definition) is 8. The number of fused-ring (bicyclic) bond motifs is 2. The number of ether oxygens (including phenoxy) is 2. The van der Waals surface area contributed by atoms with Crippen molar-refractivity contribution >= 4 is 28.4 Å². The smallest absolute Gasteiger partial charge is 0.330 e. The maximum absolute atomic E-state index is 13.3. The van der Waals surface area contributed by atoms with Gasteiger partial charge in [-0.3, -0.25) is 9.13 Å². The van der Waals surface area contributed by atoms with E-state index in [1.807, 2.05) is 23.8 Å². The Morgan fingerprint density at radius 3 is 2.88 bits per heavy atom. The molecule has 5 rings (SSSR count). The highest BCUT2D eigenvalue weighted by Gasteiger charge is 2.38. The van der Waals surface area contributed by atoms with Crippen molar-refractivity contribution in [2.45, 2.75) is 31.7 Å². The Kier molecular flexibility index (Phi) is 5.14. The number of aryl methyl sites for hydroxylation is 2. The van der Waals surface area contributed by atoms with Crippen LogP contribution in [-0.2, 0) is 22.1 Å². The Morgan fingerprint density at radius 2 is 2.09 bits per heavy atom. The lowest BCUT2D eigenvalue weighted by Crippen LogP contribution is -2.46. The van der Waals surface area contributed by atoms with Crippen molar-refractivity contribution in [3.05, 3.63) is 40.8 Å². The van der Waals surface area contributed by atoms with E-state index in [0.29, 0.717) is 43.4 Å². The van der Waals surface area contributed by atoms with Gasteiger partial charge in [-0.25, -0.2) is 19.3 Å². The van der Waals surface area contributed by atoms with E-state index in [1.165, 1.54) is 6.33 Å². The minimum atomic E-state index is -0.411. The third-order valence-electron chi connectivity index (χ3n) is 6.34. The normalized spacial score (nSPS) is 16.1. The summed E-state index contributed by atoms with van der Waals surface area (Å²) in [6, 6.07) is 1.94. The van der Waals surface area contributed by atoms with E-state index in [2.05, 4.69) is 20.4 Å². The summed E-state index contributed by atoms with van der Waals surface area (Å²) in [5.74, 6) is 0.411. The molecule has 0 aromatic carbocycles. The first-order valence-electron chi connectivity index (χ1n) is 10.6. The fraction of sp³-hybridized carbons (Fsp3) is 0.476. The first-order chi connectivity index (χ1) is 15.5. The highest BCUT2D eigenvalue weighted by molar-refractivity contribution is 5.73. The summed E-state index contributed by atoms with van der Waals surface area (Å²) in [7, 11) is 3.43. The second-order valence-electron chi connectivity index (χ2n) is 8.22. The Bertz CT molecular complexity index is 1330. The molecule has 1 N–H and O–H groups in total. The molecule has 1 saturated heterocycles. The molecule has 4 aromatic heterocycles. The van der Waals surface area contributed by atoms with Crippen LogP contribution in [0.3, 0.4) is 0 Å². The SMILES string of the molecule is COCCC1(n2c(=O)n(C)c3cnc(Nc4cn5ncnc5cc4C)nc32)CCOCC1. The Morgan fingerprint density at radius 1 is 1.28 bits per heavy atom. The monoisotopic (exact) mass is 438 g/mol. The van der Waals surface area contributed by atoms with Crippen molar-refractivity contribution in [3.63, 3.8) is 0 Å². The van der Waals surface area contributed by atoms with Crippen LogP contribution in [0.5, 0.6) is 0 Å². The summed E-state index contributed by atoms with van der Waals surface area (Å²) < 4.78 is 16.1. The van der Waals surface area contributed by atoms with Crippen molar-refractivity contribution in [3.8, 4) is 0 Å². The molecule has 168 valence electrons. The second kappa shape index (κ2) is 7.99. The largest absolute Gasteiger partial charge is 0.385 e. The lowest BCUT2D eigenvalue weighted by atomic mass is 9.86. The van der Waals surface area contributed by atoms with E-state index in [1.54, 1.807) is 29.4 Å². The van der Waals surface area contributed by atoms with Gasteiger partial charge in [0.15, 0.2) is 11.3 Å². The topological polar surface area (TPSA) is 113 Å². The van der Waals surface area contributed by atoms with Crippen molar-refractivity contribution < 1.29 is 9.47 Å². The third kappa shape index (κ3) is 3.33. The molecule has 5 heterocycles. The van der Waals surface area contributed by atoms with Gasteiger partial charge >= 0.3 is 5.69 Å². The maximum Gasteiger partial charge on any atom is 0.330 e. The average Bonchev–Trinajstić information content (AvgIpc) is 3.35. The molecule has 4 aromatic rings. The van der Waals surface area contributed by atoms with E-state index < -0.39 is 5.54 Å². The van der Waals surface area contributed by atoms with Gasteiger partial charge in [0, 0.05) is 34.0 Å². The molecule has 11 heteroatoms. The molecule has 0 bridgehead atoms. The van der Waals surface area contributed by atoms with Gasteiger partial charge in [0.25, 0.3) is 0 Å². The number of pyridine rings is 1.